The molecule has 0 radical (unpaired) electrons. The average molecular weight is 644 g/mol. The van der Waals surface area contributed by atoms with Gasteiger partial charge in [0.1, 0.15) is 12.4 Å². The summed E-state index contributed by atoms with van der Waals surface area (Å²) in [5.74, 6) is 0.321. The van der Waals surface area contributed by atoms with Gasteiger partial charge in [0, 0.05) is 25.2 Å². The third-order valence-corrected chi connectivity index (χ3v) is 9.98. The zero-order valence-corrected chi connectivity index (χ0v) is 25.7. The highest BCUT2D eigenvalue weighted by molar-refractivity contribution is 7.91. The Morgan fingerprint density at radius 3 is 2.47 bits per heavy atom. The summed E-state index contributed by atoms with van der Waals surface area (Å²) in [6, 6.07) is 15.2. The van der Waals surface area contributed by atoms with E-state index in [0.29, 0.717) is 37.7 Å². The van der Waals surface area contributed by atoms with Gasteiger partial charge < -0.3 is 19.7 Å². The monoisotopic (exact) mass is 643 g/mol. The molecule has 2 aliphatic heterocycles. The Kier molecular flexibility index (Phi) is 10.1. The first kappa shape index (κ1) is 32.5. The Morgan fingerprint density at radius 1 is 1.09 bits per heavy atom. The highest BCUT2D eigenvalue weighted by Crippen LogP contribution is 2.35. The van der Waals surface area contributed by atoms with Crippen molar-refractivity contribution in [2.75, 3.05) is 37.0 Å². The number of carbonyl (C=O) groups excluding carboxylic acids is 1. The standard InChI is InChI=1S/C33H36F3N3O5S/c1-2-45(41,42)30-12-3-23(4-13-30)17-38-32(40)26-8-14-31(37-18-26)39-19-27(25-5-9-28(10-6-25)33(34,35)36)7-11-29(39)22-44-21-24-15-16-43-20-24/h3-6,8-10,12-14,18,21,27,29H,2,7,11,15-17,19-20,22H2,1H3,(H,38,40)/b24-21+/t27?,29-/m0/s1. The van der Waals surface area contributed by atoms with Crippen molar-refractivity contribution >= 4 is 21.6 Å². The molecule has 1 N–H and O–H groups in total. The number of nitrogens with one attached hydrogen (secondary N) is 1. The van der Waals surface area contributed by atoms with Gasteiger partial charge in [-0.15, -0.1) is 0 Å². The van der Waals surface area contributed by atoms with Crippen molar-refractivity contribution in [2.24, 2.45) is 0 Å². The lowest BCUT2D eigenvalue weighted by Gasteiger charge is -2.40. The van der Waals surface area contributed by atoms with Crippen LogP contribution in [-0.4, -0.2) is 57.5 Å². The van der Waals surface area contributed by atoms with Crippen molar-refractivity contribution in [2.45, 2.75) is 55.8 Å². The van der Waals surface area contributed by atoms with E-state index < -0.39 is 21.6 Å². The van der Waals surface area contributed by atoms with Gasteiger partial charge >= 0.3 is 6.18 Å². The number of carbonyl (C=O) groups is 1. The zero-order valence-electron chi connectivity index (χ0n) is 24.9. The third kappa shape index (κ3) is 8.23. The SMILES string of the molecule is CCS(=O)(=O)c1ccc(CNC(=O)c2ccc(N3CC(c4ccc(C(F)(F)F)cc4)CC[C@H]3CO/C=C3\CCOC3)nc2)cc1. The largest absolute Gasteiger partial charge is 0.499 e. The molecule has 240 valence electrons. The second-order valence-electron chi connectivity index (χ2n) is 11.2. The molecule has 2 aliphatic rings. The molecular formula is C33H36F3N3O5S. The maximum atomic E-state index is 13.1. The van der Waals surface area contributed by atoms with E-state index in [1.54, 1.807) is 49.6 Å². The first-order valence-corrected chi connectivity index (χ1v) is 16.6. The van der Waals surface area contributed by atoms with E-state index in [2.05, 4.69) is 15.2 Å². The number of hydrogen-bond donors (Lipinski definition) is 1. The number of pyridine rings is 1. The van der Waals surface area contributed by atoms with Gasteiger partial charge in [0.05, 0.1) is 47.3 Å². The number of benzene rings is 2. The summed E-state index contributed by atoms with van der Waals surface area (Å²) in [4.78, 5) is 19.8. The number of sulfone groups is 1. The molecule has 1 aromatic heterocycles. The Hall–Kier alpha value is -3.90. The average Bonchev–Trinajstić information content (AvgIpc) is 3.57. The lowest BCUT2D eigenvalue weighted by molar-refractivity contribution is -0.137. The van der Waals surface area contributed by atoms with Crippen LogP contribution in [0.2, 0.25) is 0 Å². The fourth-order valence-electron chi connectivity index (χ4n) is 5.50. The summed E-state index contributed by atoms with van der Waals surface area (Å²) >= 11 is 0. The molecule has 2 saturated heterocycles. The molecule has 12 heteroatoms. The first-order chi connectivity index (χ1) is 21.5. The van der Waals surface area contributed by atoms with Crippen LogP contribution in [0, 0.1) is 0 Å². The molecule has 45 heavy (non-hydrogen) atoms. The minimum Gasteiger partial charge on any atom is -0.499 e. The molecule has 0 aliphatic carbocycles. The van der Waals surface area contributed by atoms with Crippen molar-refractivity contribution in [3.8, 4) is 0 Å². The normalized spacial score (nSPS) is 19.9. The maximum absolute atomic E-state index is 13.1. The van der Waals surface area contributed by atoms with Crippen LogP contribution in [0.3, 0.4) is 0 Å². The molecule has 2 fully saturated rings. The number of rotatable bonds is 10. The van der Waals surface area contributed by atoms with Gasteiger partial charge in [0.15, 0.2) is 9.84 Å². The topological polar surface area (TPSA) is 97.8 Å². The molecule has 3 heterocycles. The number of piperidine rings is 1. The van der Waals surface area contributed by atoms with Crippen LogP contribution < -0.4 is 10.2 Å². The van der Waals surface area contributed by atoms with Gasteiger partial charge in [0.25, 0.3) is 5.91 Å². The van der Waals surface area contributed by atoms with E-state index in [9.17, 15) is 26.4 Å². The smallest absolute Gasteiger partial charge is 0.416 e. The molecule has 5 rings (SSSR count). The molecule has 0 saturated carbocycles. The molecule has 0 bridgehead atoms. The highest BCUT2D eigenvalue weighted by Gasteiger charge is 2.33. The Labute approximate surface area is 261 Å². The minimum absolute atomic E-state index is 0.00593. The molecule has 3 aromatic rings. The summed E-state index contributed by atoms with van der Waals surface area (Å²) in [5.41, 5.74) is 2.36. The third-order valence-electron chi connectivity index (χ3n) is 8.23. The van der Waals surface area contributed by atoms with Gasteiger partial charge in [-0.1, -0.05) is 31.2 Å². The minimum atomic E-state index is -4.39. The lowest BCUT2D eigenvalue weighted by atomic mass is 9.87. The van der Waals surface area contributed by atoms with E-state index in [1.165, 1.54) is 18.3 Å². The number of anilines is 1. The lowest BCUT2D eigenvalue weighted by Crippen LogP contribution is -2.45. The number of amides is 1. The summed E-state index contributed by atoms with van der Waals surface area (Å²) in [7, 11) is -3.30. The zero-order chi connectivity index (χ0) is 32.0. The highest BCUT2D eigenvalue weighted by atomic mass is 32.2. The molecule has 1 unspecified atom stereocenters. The predicted molar refractivity (Wildman–Crippen MR) is 164 cm³/mol. The van der Waals surface area contributed by atoms with E-state index in [0.717, 1.165) is 48.1 Å². The van der Waals surface area contributed by atoms with Crippen molar-refractivity contribution in [1.29, 1.82) is 0 Å². The van der Waals surface area contributed by atoms with E-state index in [1.807, 2.05) is 0 Å². The summed E-state index contributed by atoms with van der Waals surface area (Å²) in [6.07, 6.45) is 1.22. The molecule has 2 atom stereocenters. The van der Waals surface area contributed by atoms with Crippen LogP contribution in [0.5, 0.6) is 0 Å². The molecule has 0 spiro atoms. The van der Waals surface area contributed by atoms with Crippen LogP contribution in [0.1, 0.15) is 59.2 Å². The number of hydrogen-bond acceptors (Lipinski definition) is 7. The van der Waals surface area contributed by atoms with E-state index in [4.69, 9.17) is 9.47 Å². The van der Waals surface area contributed by atoms with Gasteiger partial charge in [-0.3, -0.25) is 4.79 Å². The Bertz CT molecular complexity index is 1580. The second kappa shape index (κ2) is 14.0. The number of ether oxygens (including phenoxy) is 2. The van der Waals surface area contributed by atoms with Crippen molar-refractivity contribution in [3.63, 3.8) is 0 Å². The van der Waals surface area contributed by atoms with Crippen LogP contribution >= 0.6 is 0 Å². The summed E-state index contributed by atoms with van der Waals surface area (Å²) in [5, 5.41) is 2.83. The van der Waals surface area contributed by atoms with Crippen molar-refractivity contribution < 1.29 is 35.9 Å². The van der Waals surface area contributed by atoms with Crippen molar-refractivity contribution in [3.05, 3.63) is 101 Å². The van der Waals surface area contributed by atoms with Crippen LogP contribution in [0.25, 0.3) is 0 Å². The fraction of sp³-hybridized carbons (Fsp3) is 0.394. The number of aromatic nitrogens is 1. The quantitative estimate of drug-likeness (QED) is 0.275. The Balaban J connectivity index is 1.27. The van der Waals surface area contributed by atoms with Gasteiger partial charge in [0.2, 0.25) is 0 Å². The van der Waals surface area contributed by atoms with Gasteiger partial charge in [-0.2, -0.15) is 13.2 Å². The molecule has 2 aromatic carbocycles. The van der Waals surface area contributed by atoms with E-state index >= 15 is 0 Å². The maximum Gasteiger partial charge on any atom is 0.416 e. The first-order valence-electron chi connectivity index (χ1n) is 14.9. The van der Waals surface area contributed by atoms with Crippen LogP contribution in [0.4, 0.5) is 19.0 Å². The predicted octanol–water partition coefficient (Wildman–Crippen LogP) is 5.90. The summed E-state index contributed by atoms with van der Waals surface area (Å²) < 4.78 is 74.8. The van der Waals surface area contributed by atoms with Gasteiger partial charge in [-0.05, 0) is 72.4 Å². The molecule has 8 nitrogen and oxygen atoms in total. The van der Waals surface area contributed by atoms with E-state index in [-0.39, 0.29) is 35.1 Å². The Morgan fingerprint density at radius 2 is 1.84 bits per heavy atom. The fourth-order valence-corrected chi connectivity index (χ4v) is 6.39. The number of alkyl halides is 3. The van der Waals surface area contributed by atoms with Crippen molar-refractivity contribution in [1.82, 2.24) is 10.3 Å². The number of nitrogens with zero attached hydrogens (tertiary/aromatic N) is 2. The number of halogens is 3. The summed E-state index contributed by atoms with van der Waals surface area (Å²) in [6.45, 7) is 3.98. The molecule has 1 amide bonds. The molecular weight excluding hydrogens is 607 g/mol. The van der Waals surface area contributed by atoms with Crippen LogP contribution in [-0.2, 0) is 32.0 Å². The van der Waals surface area contributed by atoms with Gasteiger partial charge in [-0.25, -0.2) is 13.4 Å². The van der Waals surface area contributed by atoms with Crippen LogP contribution in [0.15, 0.2) is 83.6 Å². The second-order valence-corrected chi connectivity index (χ2v) is 13.5.